The summed E-state index contributed by atoms with van der Waals surface area (Å²) >= 11 is 0. The molecule has 3 heteroatoms. The molecule has 1 fully saturated rings. The summed E-state index contributed by atoms with van der Waals surface area (Å²) in [5.41, 5.74) is -1.66. The fourth-order valence-electron chi connectivity index (χ4n) is 1.34. The summed E-state index contributed by atoms with van der Waals surface area (Å²) in [6.45, 7) is 0. The number of rotatable bonds is 1. The summed E-state index contributed by atoms with van der Waals surface area (Å²) < 4.78 is 0. The second-order valence-corrected chi connectivity index (χ2v) is 3.03. The Morgan fingerprint density at radius 3 is 2.73 bits per heavy atom. The van der Waals surface area contributed by atoms with E-state index < -0.39 is 5.60 Å². The molecule has 3 nitrogen and oxygen atoms in total. The molecule has 1 rings (SSSR count). The lowest BCUT2D eigenvalue weighted by Crippen LogP contribution is -2.39. The monoisotopic (exact) mass is 156 g/mol. The summed E-state index contributed by atoms with van der Waals surface area (Å²) in [4.78, 5) is 21.5. The van der Waals surface area contributed by atoms with Crippen molar-refractivity contribution in [3.05, 3.63) is 0 Å². The molecule has 0 bridgehead atoms. The van der Waals surface area contributed by atoms with Gasteiger partial charge in [0.15, 0.2) is 17.7 Å². The van der Waals surface area contributed by atoms with Crippen LogP contribution in [0.2, 0.25) is 0 Å². The van der Waals surface area contributed by atoms with Crippen molar-refractivity contribution in [1.82, 2.24) is 0 Å². The van der Waals surface area contributed by atoms with Gasteiger partial charge >= 0.3 is 0 Å². The van der Waals surface area contributed by atoms with Gasteiger partial charge in [0.1, 0.15) is 0 Å². The lowest BCUT2D eigenvalue weighted by Gasteiger charge is -2.16. The van der Waals surface area contributed by atoms with Crippen molar-refractivity contribution in [1.29, 1.82) is 0 Å². The van der Waals surface area contributed by atoms with Crippen molar-refractivity contribution >= 4 is 12.1 Å². The number of hydrogen-bond donors (Lipinski definition) is 1. The number of hydrogen-bond acceptors (Lipinski definition) is 3. The van der Waals surface area contributed by atoms with Crippen molar-refractivity contribution in [3.63, 3.8) is 0 Å². The first-order chi connectivity index (χ1) is 5.19. The van der Waals surface area contributed by atoms with Crippen LogP contribution in [0.3, 0.4) is 0 Å². The molecule has 0 heterocycles. The lowest BCUT2D eigenvalue weighted by molar-refractivity contribution is -0.143. The van der Waals surface area contributed by atoms with Crippen molar-refractivity contribution in [3.8, 4) is 0 Å². The fourth-order valence-corrected chi connectivity index (χ4v) is 1.34. The Bertz CT molecular complexity index is 176. The van der Waals surface area contributed by atoms with Gasteiger partial charge in [-0.3, -0.25) is 9.59 Å². The summed E-state index contributed by atoms with van der Waals surface area (Å²) in [6, 6.07) is 0. The van der Waals surface area contributed by atoms with E-state index in [4.69, 9.17) is 0 Å². The molecule has 0 aliphatic heterocycles. The van der Waals surface area contributed by atoms with Gasteiger partial charge in [0, 0.05) is 6.42 Å². The number of carbonyl (C=O) groups excluding carboxylic acids is 2. The van der Waals surface area contributed by atoms with Gasteiger partial charge in [-0.1, -0.05) is 6.42 Å². The smallest absolute Gasteiger partial charge is 0.177 e. The van der Waals surface area contributed by atoms with Gasteiger partial charge < -0.3 is 5.11 Å². The Hall–Kier alpha value is -0.700. The first-order valence-corrected chi connectivity index (χ1v) is 3.91. The molecule has 1 saturated carbocycles. The van der Waals surface area contributed by atoms with Gasteiger partial charge in [-0.15, -0.1) is 0 Å². The second-order valence-electron chi connectivity index (χ2n) is 3.03. The first kappa shape index (κ1) is 8.40. The standard InChI is InChI=1S/C8H12O3/c9-6-8(11)5-3-1-2-4-7(8)10/h6,11H,1-5H2. The van der Waals surface area contributed by atoms with E-state index >= 15 is 0 Å². The quantitative estimate of drug-likeness (QED) is 0.340. The minimum Gasteiger partial charge on any atom is -0.375 e. The highest BCUT2D eigenvalue weighted by atomic mass is 16.3. The van der Waals surface area contributed by atoms with Crippen LogP contribution >= 0.6 is 0 Å². The molecule has 0 saturated heterocycles. The molecule has 0 aromatic rings. The highest BCUT2D eigenvalue weighted by Crippen LogP contribution is 2.21. The molecule has 1 unspecified atom stereocenters. The Morgan fingerprint density at radius 1 is 1.36 bits per heavy atom. The molecular formula is C8H12O3. The van der Waals surface area contributed by atoms with Gasteiger partial charge in [0.05, 0.1) is 0 Å². The molecule has 1 aliphatic carbocycles. The molecule has 0 aromatic heterocycles. The van der Waals surface area contributed by atoms with Crippen molar-refractivity contribution in [2.24, 2.45) is 0 Å². The van der Waals surface area contributed by atoms with E-state index in [0.29, 0.717) is 19.1 Å². The van der Waals surface area contributed by atoms with E-state index in [1.165, 1.54) is 0 Å². The zero-order valence-corrected chi connectivity index (χ0v) is 6.38. The summed E-state index contributed by atoms with van der Waals surface area (Å²) in [5, 5.41) is 9.41. The van der Waals surface area contributed by atoms with Crippen LogP contribution < -0.4 is 0 Å². The van der Waals surface area contributed by atoms with Crippen LogP contribution in [0.5, 0.6) is 0 Å². The van der Waals surface area contributed by atoms with E-state index in [1.807, 2.05) is 0 Å². The van der Waals surface area contributed by atoms with Crippen LogP contribution in [-0.4, -0.2) is 22.8 Å². The van der Waals surface area contributed by atoms with Crippen LogP contribution in [0, 0.1) is 0 Å². The largest absolute Gasteiger partial charge is 0.375 e. The number of Topliss-reactive ketones (excluding diaryl/α,β-unsaturated/α-hetero) is 1. The van der Waals surface area contributed by atoms with Gasteiger partial charge in [0.25, 0.3) is 0 Å². The summed E-state index contributed by atoms with van der Waals surface area (Å²) in [7, 11) is 0. The third kappa shape index (κ3) is 1.66. The molecular weight excluding hydrogens is 144 g/mol. The van der Waals surface area contributed by atoms with Crippen LogP contribution in [-0.2, 0) is 9.59 Å². The van der Waals surface area contributed by atoms with Gasteiger partial charge in [-0.05, 0) is 19.3 Å². The molecule has 62 valence electrons. The Balaban J connectivity index is 2.73. The zero-order chi connectivity index (χ0) is 8.32. The maximum atomic E-state index is 11.1. The van der Waals surface area contributed by atoms with E-state index in [0.717, 1.165) is 19.3 Å². The Morgan fingerprint density at radius 2 is 2.09 bits per heavy atom. The molecule has 1 N–H and O–H groups in total. The molecule has 1 atom stereocenters. The molecule has 0 spiro atoms. The average Bonchev–Trinajstić information content (AvgIpc) is 2.16. The molecule has 0 aromatic carbocycles. The highest BCUT2D eigenvalue weighted by molar-refractivity contribution is 6.01. The fraction of sp³-hybridized carbons (Fsp3) is 0.750. The SMILES string of the molecule is O=CC1(O)CCCCCC1=O. The molecule has 0 radical (unpaired) electrons. The van der Waals surface area contributed by atoms with E-state index in [1.54, 1.807) is 0 Å². The molecule has 1 aliphatic rings. The van der Waals surface area contributed by atoms with Crippen molar-refractivity contribution < 1.29 is 14.7 Å². The lowest BCUT2D eigenvalue weighted by atomic mass is 9.95. The molecule has 0 amide bonds. The van der Waals surface area contributed by atoms with Crippen molar-refractivity contribution in [2.75, 3.05) is 0 Å². The summed E-state index contributed by atoms with van der Waals surface area (Å²) in [5.74, 6) is -0.315. The first-order valence-electron chi connectivity index (χ1n) is 3.91. The summed E-state index contributed by atoms with van der Waals surface area (Å²) in [6.07, 6.45) is 3.52. The second kappa shape index (κ2) is 3.13. The minimum absolute atomic E-state index is 0.301. The maximum Gasteiger partial charge on any atom is 0.177 e. The normalized spacial score (nSPS) is 33.0. The molecule has 11 heavy (non-hydrogen) atoms. The van der Waals surface area contributed by atoms with Crippen LogP contribution in [0.4, 0.5) is 0 Å². The predicted octanol–water partition coefficient (Wildman–Crippen LogP) is 0.450. The number of aliphatic hydroxyl groups is 1. The van der Waals surface area contributed by atoms with E-state index in [9.17, 15) is 14.7 Å². The highest BCUT2D eigenvalue weighted by Gasteiger charge is 2.35. The van der Waals surface area contributed by atoms with E-state index in [2.05, 4.69) is 0 Å². The van der Waals surface area contributed by atoms with E-state index in [-0.39, 0.29) is 5.78 Å². The van der Waals surface area contributed by atoms with Gasteiger partial charge in [0.2, 0.25) is 0 Å². The third-order valence-corrected chi connectivity index (χ3v) is 2.14. The minimum atomic E-state index is -1.66. The predicted molar refractivity (Wildman–Crippen MR) is 39.1 cm³/mol. The van der Waals surface area contributed by atoms with Gasteiger partial charge in [-0.2, -0.15) is 0 Å². The topological polar surface area (TPSA) is 54.4 Å². The van der Waals surface area contributed by atoms with Crippen LogP contribution in [0.25, 0.3) is 0 Å². The van der Waals surface area contributed by atoms with Crippen LogP contribution in [0.1, 0.15) is 32.1 Å². The van der Waals surface area contributed by atoms with Gasteiger partial charge in [-0.25, -0.2) is 0 Å². The number of aldehydes is 1. The third-order valence-electron chi connectivity index (χ3n) is 2.14. The maximum absolute atomic E-state index is 11.1. The Labute approximate surface area is 65.4 Å². The average molecular weight is 156 g/mol. The Kier molecular flexibility index (Phi) is 2.39. The van der Waals surface area contributed by atoms with Crippen molar-refractivity contribution in [2.45, 2.75) is 37.7 Å². The van der Waals surface area contributed by atoms with Crippen LogP contribution in [0.15, 0.2) is 0 Å². The zero-order valence-electron chi connectivity index (χ0n) is 6.38. The number of ketones is 1. The number of carbonyl (C=O) groups is 2.